The van der Waals surface area contributed by atoms with E-state index < -0.39 is 42.0 Å². The number of amides is 1. The number of nitrogens with zero attached hydrogens (tertiary/aromatic N) is 3. The number of carbonyl (C=O) groups excluding carboxylic acids is 2. The summed E-state index contributed by atoms with van der Waals surface area (Å²) in [7, 11) is 1.04. The quantitative estimate of drug-likeness (QED) is 0.587. The molecule has 0 fully saturated rings. The zero-order valence-corrected chi connectivity index (χ0v) is 18.1. The molecule has 0 spiro atoms. The van der Waals surface area contributed by atoms with Crippen molar-refractivity contribution in [3.8, 4) is 0 Å². The SMILES string of the molecule is COC(=O)ON1CC(N)=NC(c2cc(NC(=O)c3ccc(Br)cn3)ccc2F)(C(F)F)C1. The van der Waals surface area contributed by atoms with Crippen LogP contribution in [0.15, 0.2) is 46.0 Å². The average Bonchev–Trinajstić information content (AvgIpc) is 2.74. The summed E-state index contributed by atoms with van der Waals surface area (Å²) in [5, 5.41) is 3.28. The van der Waals surface area contributed by atoms with Crippen molar-refractivity contribution < 1.29 is 32.3 Å². The molecule has 0 saturated heterocycles. The molecule has 1 aliphatic rings. The molecule has 13 heteroatoms. The molecular weight excluding hydrogens is 499 g/mol. The van der Waals surface area contributed by atoms with Crippen molar-refractivity contribution in [1.29, 1.82) is 0 Å². The normalized spacial score (nSPS) is 18.8. The van der Waals surface area contributed by atoms with Gasteiger partial charge in [0.15, 0.2) is 5.54 Å². The highest BCUT2D eigenvalue weighted by atomic mass is 79.9. The van der Waals surface area contributed by atoms with Crippen LogP contribution in [0.3, 0.4) is 0 Å². The van der Waals surface area contributed by atoms with Crippen LogP contribution >= 0.6 is 15.9 Å². The number of hydrogen-bond acceptors (Lipinski definition) is 8. The van der Waals surface area contributed by atoms with Gasteiger partial charge < -0.3 is 20.6 Å². The Morgan fingerprint density at radius 2 is 2.06 bits per heavy atom. The maximum Gasteiger partial charge on any atom is 0.527 e. The summed E-state index contributed by atoms with van der Waals surface area (Å²) in [5.74, 6) is -1.96. The second kappa shape index (κ2) is 9.53. The topological polar surface area (TPSA) is 119 Å². The molecule has 0 aliphatic carbocycles. The standard InChI is InChI=1S/C19H17BrF3N5O4/c1-31-18(30)32-28-8-15(24)27-19(9-28,17(22)23)12-6-11(3-4-13(12)21)26-16(29)14-5-2-10(20)7-25-14/h2-7,17H,8-9H2,1H3,(H2,24,27)(H,26,29). The molecule has 1 aromatic heterocycles. The van der Waals surface area contributed by atoms with Crippen molar-refractivity contribution in [2.24, 2.45) is 10.7 Å². The molecule has 1 atom stereocenters. The summed E-state index contributed by atoms with van der Waals surface area (Å²) in [5.41, 5.74) is 2.72. The van der Waals surface area contributed by atoms with E-state index in [9.17, 15) is 22.8 Å². The summed E-state index contributed by atoms with van der Waals surface area (Å²) in [4.78, 5) is 36.4. The molecule has 0 bridgehead atoms. The smallest absolute Gasteiger partial charge is 0.436 e. The number of nitrogens with two attached hydrogens (primary N) is 1. The van der Waals surface area contributed by atoms with E-state index in [0.717, 1.165) is 24.3 Å². The zero-order chi connectivity index (χ0) is 23.5. The highest BCUT2D eigenvalue weighted by Gasteiger charge is 2.49. The van der Waals surface area contributed by atoms with Crippen LogP contribution in [0.5, 0.6) is 0 Å². The number of methoxy groups -OCH3 is 1. The molecule has 170 valence electrons. The number of pyridine rings is 1. The van der Waals surface area contributed by atoms with Crippen LogP contribution in [-0.2, 0) is 15.1 Å². The van der Waals surface area contributed by atoms with Gasteiger partial charge in [0.25, 0.3) is 12.3 Å². The summed E-state index contributed by atoms with van der Waals surface area (Å²) in [6.45, 7) is -0.986. The molecule has 0 saturated carbocycles. The first-order valence-electron chi connectivity index (χ1n) is 9.01. The minimum absolute atomic E-state index is 0.0240. The molecule has 2 aromatic rings. The maximum atomic E-state index is 14.7. The van der Waals surface area contributed by atoms with E-state index in [4.69, 9.17) is 10.6 Å². The summed E-state index contributed by atoms with van der Waals surface area (Å²) in [6, 6.07) is 6.18. The van der Waals surface area contributed by atoms with Gasteiger partial charge in [0, 0.05) is 21.9 Å². The van der Waals surface area contributed by atoms with Gasteiger partial charge in [-0.05, 0) is 46.3 Å². The number of nitrogens with one attached hydrogen (secondary N) is 1. The van der Waals surface area contributed by atoms with Crippen LogP contribution in [0.25, 0.3) is 0 Å². The van der Waals surface area contributed by atoms with E-state index in [1.165, 1.54) is 18.3 Å². The largest absolute Gasteiger partial charge is 0.527 e. The predicted octanol–water partition coefficient (Wildman–Crippen LogP) is 3.07. The molecule has 9 nitrogen and oxygen atoms in total. The molecule has 1 aliphatic heterocycles. The number of amidine groups is 1. The van der Waals surface area contributed by atoms with Crippen molar-refractivity contribution in [3.05, 3.63) is 58.1 Å². The van der Waals surface area contributed by atoms with Crippen LogP contribution in [0.2, 0.25) is 0 Å². The van der Waals surface area contributed by atoms with Crippen molar-refractivity contribution in [2.45, 2.75) is 12.0 Å². The first-order valence-corrected chi connectivity index (χ1v) is 9.80. The number of anilines is 1. The number of aromatic nitrogens is 1. The van der Waals surface area contributed by atoms with Crippen LogP contribution in [0, 0.1) is 5.82 Å². The lowest BCUT2D eigenvalue weighted by Crippen LogP contribution is -2.53. The van der Waals surface area contributed by atoms with Crippen molar-refractivity contribution >= 4 is 39.5 Å². The number of benzene rings is 1. The Kier molecular flexibility index (Phi) is 6.99. The van der Waals surface area contributed by atoms with Crippen molar-refractivity contribution in [2.75, 3.05) is 25.5 Å². The fraction of sp³-hybridized carbons (Fsp3) is 0.263. The molecule has 1 unspecified atom stereocenters. The number of carbonyl (C=O) groups is 2. The van der Waals surface area contributed by atoms with Crippen LogP contribution in [-0.4, -0.2) is 54.6 Å². The first kappa shape index (κ1) is 23.5. The zero-order valence-electron chi connectivity index (χ0n) is 16.5. The van der Waals surface area contributed by atoms with Gasteiger partial charge in [-0.1, -0.05) is 0 Å². The van der Waals surface area contributed by atoms with Crippen LogP contribution < -0.4 is 11.1 Å². The van der Waals surface area contributed by atoms with Gasteiger partial charge in [-0.25, -0.2) is 22.9 Å². The number of rotatable bonds is 5. The second-order valence-electron chi connectivity index (χ2n) is 6.68. The molecule has 32 heavy (non-hydrogen) atoms. The minimum Gasteiger partial charge on any atom is -0.436 e. The second-order valence-corrected chi connectivity index (χ2v) is 7.60. The Hall–Kier alpha value is -3.19. The summed E-state index contributed by atoms with van der Waals surface area (Å²) < 4.78 is 48.3. The number of alkyl halides is 2. The lowest BCUT2D eigenvalue weighted by atomic mass is 9.88. The summed E-state index contributed by atoms with van der Waals surface area (Å²) >= 11 is 3.20. The number of hydrogen-bond donors (Lipinski definition) is 2. The number of ether oxygens (including phenoxy) is 1. The number of halogens is 4. The monoisotopic (exact) mass is 515 g/mol. The van der Waals surface area contributed by atoms with Gasteiger partial charge in [0.05, 0.1) is 20.2 Å². The van der Waals surface area contributed by atoms with E-state index in [2.05, 4.69) is 36.0 Å². The molecular formula is C19H17BrF3N5O4. The lowest BCUT2D eigenvalue weighted by Gasteiger charge is -2.37. The maximum absolute atomic E-state index is 14.7. The van der Waals surface area contributed by atoms with E-state index in [0.29, 0.717) is 4.47 Å². The Bertz CT molecular complexity index is 1050. The molecule has 2 heterocycles. The van der Waals surface area contributed by atoms with Gasteiger partial charge >= 0.3 is 6.16 Å². The average molecular weight is 516 g/mol. The third kappa shape index (κ3) is 4.99. The minimum atomic E-state index is -3.24. The first-order chi connectivity index (χ1) is 15.1. The van der Waals surface area contributed by atoms with Crippen LogP contribution in [0.1, 0.15) is 16.1 Å². The fourth-order valence-corrected chi connectivity index (χ4v) is 3.29. The Morgan fingerprint density at radius 1 is 1.31 bits per heavy atom. The van der Waals surface area contributed by atoms with Crippen LogP contribution in [0.4, 0.5) is 23.7 Å². The van der Waals surface area contributed by atoms with Gasteiger partial charge in [-0.2, -0.15) is 0 Å². The highest BCUT2D eigenvalue weighted by molar-refractivity contribution is 9.10. The lowest BCUT2D eigenvalue weighted by molar-refractivity contribution is -0.142. The molecule has 3 N–H and O–H groups in total. The van der Waals surface area contributed by atoms with E-state index in [-0.39, 0.29) is 23.8 Å². The highest BCUT2D eigenvalue weighted by Crippen LogP contribution is 2.38. The van der Waals surface area contributed by atoms with Crippen molar-refractivity contribution in [1.82, 2.24) is 10.0 Å². The third-order valence-corrected chi connectivity index (χ3v) is 4.95. The van der Waals surface area contributed by atoms with E-state index in [1.54, 1.807) is 6.07 Å². The number of hydroxylamine groups is 2. The molecule has 1 aromatic carbocycles. The van der Waals surface area contributed by atoms with Crippen molar-refractivity contribution in [3.63, 3.8) is 0 Å². The number of aliphatic imine (C=N–C) groups is 1. The van der Waals surface area contributed by atoms with Gasteiger partial charge in [0.2, 0.25) is 0 Å². The molecule has 0 radical (unpaired) electrons. The fourth-order valence-electron chi connectivity index (χ4n) is 3.06. The predicted molar refractivity (Wildman–Crippen MR) is 111 cm³/mol. The van der Waals surface area contributed by atoms with E-state index >= 15 is 0 Å². The Morgan fingerprint density at radius 3 is 2.69 bits per heavy atom. The molecule has 1 amide bonds. The van der Waals surface area contributed by atoms with Gasteiger partial charge in [-0.3, -0.25) is 9.79 Å². The molecule has 3 rings (SSSR count). The summed E-state index contributed by atoms with van der Waals surface area (Å²) in [6.07, 6.45) is -2.99. The Labute approximate surface area is 188 Å². The van der Waals surface area contributed by atoms with Gasteiger partial charge in [-0.15, -0.1) is 5.06 Å². The van der Waals surface area contributed by atoms with E-state index in [1.807, 2.05) is 0 Å². The van der Waals surface area contributed by atoms with Gasteiger partial charge in [0.1, 0.15) is 17.3 Å². The third-order valence-electron chi connectivity index (χ3n) is 4.48. The Balaban J connectivity index is 1.96.